The first kappa shape index (κ1) is 123. The van der Waals surface area contributed by atoms with Gasteiger partial charge in [-0.1, -0.05) is 322 Å². The molecule has 10 heterocycles. The number of carbonyl (C=O) groups is 8. The summed E-state index contributed by atoms with van der Waals surface area (Å²) in [6, 6.07) is 51.0. The Morgan fingerprint density at radius 2 is 0.613 bits per heavy atom. The summed E-state index contributed by atoms with van der Waals surface area (Å²) < 4.78 is 28.8. The maximum atomic E-state index is 13.8. The largest absolute Gasteiger partial charge is 0.339 e. The summed E-state index contributed by atoms with van der Waals surface area (Å²) >= 11 is 0. The predicted molar refractivity (Wildman–Crippen MR) is 602 cm³/mol. The molecule has 8 saturated heterocycles. The van der Waals surface area contributed by atoms with Crippen LogP contribution in [0.4, 0.5) is 8.78 Å². The zero-order valence-corrected chi connectivity index (χ0v) is 95.9. The SMILES string of the molecule is CC(C)(C)C(=O)N1CCNC(C2=CCN=C2)C1.CC(C)(C)C(=O)N1CCNC(Cc2ccccc2)C1.CC(C)(C)C(=O)N1CCNC(c2cccc(F)c2)C1.CC(C)(C)C(=O)N1CCNC(c2ccccc2F)C1.Cc1ccc(C2CN(C(=O)C(C)(C)C)CCN2)cc1.Cc1ccc(C2CN(C(=O)C(C)(C)C)CCN2)cc1.Cc1cccc(CC2CN(C(=O)C(C)(C)C)CCN2)c1.Cn1cc(C2CN(C(=O)C(C)(C)C)CCN2)cn1. The van der Waals surface area contributed by atoms with E-state index in [0.717, 1.165) is 155 Å². The number of aliphatic imine (C=N–C) groups is 1. The number of nitrogens with one attached hydrogen (secondary N) is 8. The van der Waals surface area contributed by atoms with Gasteiger partial charge in [-0.15, -0.1) is 0 Å². The van der Waals surface area contributed by atoms with Crippen LogP contribution in [0.15, 0.2) is 181 Å². The molecule has 8 fully saturated rings. The van der Waals surface area contributed by atoms with Crippen LogP contribution in [0.1, 0.15) is 252 Å². The van der Waals surface area contributed by atoms with Crippen LogP contribution in [0.3, 0.4) is 0 Å². The molecular formula is C121H183F2N19O8. The van der Waals surface area contributed by atoms with Crippen LogP contribution in [-0.4, -0.2) is 284 Å². The van der Waals surface area contributed by atoms with Gasteiger partial charge in [-0.25, -0.2) is 8.78 Å². The fraction of sp³-hybridized carbons (Fsp3) is 0.587. The van der Waals surface area contributed by atoms with Gasteiger partial charge in [-0.2, -0.15) is 5.10 Å². The minimum Gasteiger partial charge on any atom is -0.339 e. The summed E-state index contributed by atoms with van der Waals surface area (Å²) in [6.07, 6.45) is 9.88. The van der Waals surface area contributed by atoms with Crippen LogP contribution in [0.25, 0.3) is 0 Å². The van der Waals surface area contributed by atoms with E-state index in [2.05, 4.69) is 177 Å². The van der Waals surface area contributed by atoms with Crippen LogP contribution >= 0.6 is 0 Å². The van der Waals surface area contributed by atoms with E-state index in [1.165, 1.54) is 62.7 Å². The second-order valence-corrected chi connectivity index (χ2v) is 49.8. The third-order valence-corrected chi connectivity index (χ3v) is 27.6. The number of hydrogen-bond donors (Lipinski definition) is 8. The van der Waals surface area contributed by atoms with Crippen molar-refractivity contribution in [2.24, 2.45) is 55.4 Å². The van der Waals surface area contributed by atoms with Gasteiger partial charge in [0.05, 0.1) is 36.9 Å². The Morgan fingerprint density at radius 3 is 0.953 bits per heavy atom. The molecular weight excluding hydrogens is 1890 g/mol. The van der Waals surface area contributed by atoms with Crippen molar-refractivity contribution in [3.63, 3.8) is 0 Å². The minimum atomic E-state index is -0.392. The van der Waals surface area contributed by atoms with Gasteiger partial charge in [-0.3, -0.25) is 48.0 Å². The molecule has 8 N–H and O–H groups in total. The van der Waals surface area contributed by atoms with Crippen molar-refractivity contribution in [1.29, 1.82) is 0 Å². The summed E-state index contributed by atoms with van der Waals surface area (Å²) in [6.45, 7) is 72.9. The molecule has 150 heavy (non-hydrogen) atoms. The number of halogens is 2. The van der Waals surface area contributed by atoms with Crippen molar-refractivity contribution < 1.29 is 47.1 Å². The molecule has 824 valence electrons. The highest BCUT2D eigenvalue weighted by atomic mass is 19.1. The highest BCUT2D eigenvalue weighted by Crippen LogP contribution is 2.33. The maximum absolute atomic E-state index is 13.8. The van der Waals surface area contributed by atoms with Gasteiger partial charge in [0.2, 0.25) is 47.3 Å². The molecule has 0 saturated carbocycles. The predicted octanol–water partition coefficient (Wildman–Crippen LogP) is 16.0. The van der Waals surface area contributed by atoms with E-state index in [4.69, 9.17) is 0 Å². The van der Waals surface area contributed by atoms with Crippen LogP contribution in [0.2, 0.25) is 0 Å². The Labute approximate surface area is 897 Å². The average molecular weight is 2070 g/mol. The molecule has 9 aliphatic rings. The minimum absolute atomic E-state index is 0.00995. The lowest BCUT2D eigenvalue weighted by Crippen LogP contribution is -2.55. The summed E-state index contributed by atoms with van der Waals surface area (Å²) in [7, 11) is 1.91. The molecule has 0 bridgehead atoms. The number of benzene rings is 6. The van der Waals surface area contributed by atoms with Crippen molar-refractivity contribution in [2.45, 2.75) is 248 Å². The van der Waals surface area contributed by atoms with E-state index in [9.17, 15) is 47.1 Å². The number of nitrogens with zero attached hydrogens (tertiary/aromatic N) is 11. The average Bonchev–Trinajstić information content (AvgIpc) is 1.28. The lowest BCUT2D eigenvalue weighted by Gasteiger charge is -2.37. The molecule has 16 rings (SSSR count). The summed E-state index contributed by atoms with van der Waals surface area (Å²) in [5.41, 5.74) is 10.4. The number of carbonyl (C=O) groups excluding carboxylic acids is 8. The third-order valence-electron chi connectivity index (χ3n) is 27.6. The van der Waals surface area contributed by atoms with E-state index >= 15 is 0 Å². The van der Waals surface area contributed by atoms with Crippen molar-refractivity contribution in [3.05, 3.63) is 243 Å². The molecule has 7 aromatic rings. The van der Waals surface area contributed by atoms with E-state index in [-0.39, 0.29) is 133 Å². The molecule has 0 spiro atoms. The number of aromatic nitrogens is 2. The second-order valence-electron chi connectivity index (χ2n) is 49.8. The number of amides is 8. The van der Waals surface area contributed by atoms with Crippen molar-refractivity contribution in [2.75, 3.05) is 164 Å². The van der Waals surface area contributed by atoms with Crippen LogP contribution in [0, 0.1) is 75.7 Å². The summed E-state index contributed by atoms with van der Waals surface area (Å²) in [5, 5.41) is 31.7. The zero-order valence-electron chi connectivity index (χ0n) is 95.9. The molecule has 9 aliphatic heterocycles. The second kappa shape index (κ2) is 55.2. The summed E-state index contributed by atoms with van der Waals surface area (Å²) in [4.78, 5) is 118. The van der Waals surface area contributed by atoms with Crippen molar-refractivity contribution in [1.82, 2.24) is 91.5 Å². The lowest BCUT2D eigenvalue weighted by atomic mass is 9.93. The molecule has 6 aromatic carbocycles. The van der Waals surface area contributed by atoms with Gasteiger partial charge >= 0.3 is 0 Å². The van der Waals surface area contributed by atoms with Gasteiger partial charge in [0.25, 0.3) is 0 Å². The van der Waals surface area contributed by atoms with E-state index in [1.54, 1.807) is 22.9 Å². The Hall–Kier alpha value is -10.8. The lowest BCUT2D eigenvalue weighted by molar-refractivity contribution is -0.141. The fourth-order valence-electron chi connectivity index (χ4n) is 19.3. The first-order valence-electron chi connectivity index (χ1n) is 54.3. The molecule has 8 atom stereocenters. The molecule has 27 nitrogen and oxygen atoms in total. The quantitative estimate of drug-likeness (QED) is 0.0631. The number of aryl methyl sites for hydroxylation is 4. The maximum Gasteiger partial charge on any atom is 0.228 e. The van der Waals surface area contributed by atoms with Crippen LogP contribution < -0.4 is 42.5 Å². The summed E-state index contributed by atoms with van der Waals surface area (Å²) in [5.74, 6) is 1.27. The van der Waals surface area contributed by atoms with Crippen LogP contribution in [0.5, 0.6) is 0 Å². The van der Waals surface area contributed by atoms with Crippen molar-refractivity contribution >= 4 is 53.5 Å². The molecule has 0 radical (unpaired) electrons. The molecule has 1 aromatic heterocycles. The van der Waals surface area contributed by atoms with Gasteiger partial charge in [0.15, 0.2) is 0 Å². The normalized spacial score (nSPS) is 21.0. The Bertz CT molecular complexity index is 5470. The fourth-order valence-corrected chi connectivity index (χ4v) is 19.3. The highest BCUT2D eigenvalue weighted by molar-refractivity contribution is 5.87. The number of piperazine rings is 8. The first-order chi connectivity index (χ1) is 70.2. The topological polar surface area (TPSA) is 289 Å². The van der Waals surface area contributed by atoms with Gasteiger partial charge in [0.1, 0.15) is 11.6 Å². The van der Waals surface area contributed by atoms with Crippen LogP contribution in [-0.2, 0) is 58.2 Å². The van der Waals surface area contributed by atoms with E-state index < -0.39 is 5.41 Å². The third kappa shape index (κ3) is 38.8. The first-order valence-corrected chi connectivity index (χ1v) is 54.3. The molecule has 29 heteroatoms. The smallest absolute Gasteiger partial charge is 0.228 e. The monoisotopic (exact) mass is 2070 g/mol. The molecule has 8 amide bonds. The Kier molecular flexibility index (Phi) is 45.1. The molecule has 0 aliphatic carbocycles. The van der Waals surface area contributed by atoms with Gasteiger partial charge in [0, 0.05) is 255 Å². The van der Waals surface area contributed by atoms with Crippen molar-refractivity contribution in [3.8, 4) is 0 Å². The van der Waals surface area contributed by atoms with E-state index in [1.807, 2.05) is 249 Å². The molecule has 8 unspecified atom stereocenters. The zero-order chi connectivity index (χ0) is 111. The van der Waals surface area contributed by atoms with E-state index in [0.29, 0.717) is 50.4 Å². The Balaban J connectivity index is 0.000000190. The Morgan fingerprint density at radius 1 is 0.307 bits per heavy atom. The number of rotatable bonds is 10. The number of hydrogen-bond acceptors (Lipinski definition) is 18. The van der Waals surface area contributed by atoms with Gasteiger partial charge < -0.3 is 81.7 Å². The standard InChI is InChI=1S/C17H26N2O.3C16H24N2O.2C15H21FN2O.C13H22N4O.C13H21N3O/c1-13-6-5-7-14(10-13)11-15-12-19(9-8-18-15)16(20)17(2,3)4;2*1-12-5-7-13(8-6-12)14-11-18(10-9-17-14)15(19)16(2,3)4;1-16(2,3)15(19)18-10-9-17-14(12-18)11-13-7-5-4-6-8-13;1-15(2,3)14(19)18-8-7-17-13(10-18)11-5-4-6-12(16)9-11;1-15(2,3)14(19)18-9-8-17-13(10-18)11-6-4-5-7-12(11)16;1-13(2,3)12(18)17-6-5-14-11(9-17)10-7-15-16(4)8-10;1-13(2,3)12(17)16-7-6-15-11(9-16)10-4-5-14-8-10/h5-7,10,15,18H,8-9,11-12H2,1-4H3;2*5-8,14,17H,9-11H2,1-4H3;4-8,14,17H,9-12H2,1-3H3;4-6,9,13,17H,7-8,10H2,1-3H3;4-7,13,17H,8-10H2,1-3H3;7-8,11,14H,5-6,9H2,1-4H3;4,8,11,15H,5-7,9H2,1-3H3. The van der Waals surface area contributed by atoms with Gasteiger partial charge in [-0.05, 0) is 85.2 Å². The highest BCUT2D eigenvalue weighted by Gasteiger charge is 2.41.